The second-order valence-corrected chi connectivity index (χ2v) is 8.12. The summed E-state index contributed by atoms with van der Waals surface area (Å²) >= 11 is 0. The predicted molar refractivity (Wildman–Crippen MR) is 108 cm³/mol. The lowest BCUT2D eigenvalue weighted by molar-refractivity contribution is -0.185. The van der Waals surface area contributed by atoms with E-state index in [1.807, 2.05) is 0 Å². The zero-order valence-electron chi connectivity index (χ0n) is 17.4. The van der Waals surface area contributed by atoms with Crippen LogP contribution in [-0.2, 0) is 12.5 Å². The fourth-order valence-electron chi connectivity index (χ4n) is 4.10. The number of aryl methyl sites for hydroxylation is 1. The van der Waals surface area contributed by atoms with Crippen LogP contribution in [0.4, 0.5) is 22.0 Å². The van der Waals surface area contributed by atoms with Crippen molar-refractivity contribution >= 4 is 0 Å². The molecule has 0 amide bonds. The molecule has 0 aromatic heterocycles. The van der Waals surface area contributed by atoms with Gasteiger partial charge in [-0.3, -0.25) is 0 Å². The quantitative estimate of drug-likeness (QED) is 0.370. The Balaban J connectivity index is 1.55. The molecular formula is C24H27F5O2. The summed E-state index contributed by atoms with van der Waals surface area (Å²) in [5, 5.41) is 0. The second kappa shape index (κ2) is 10.3. The third-order valence-electron chi connectivity index (χ3n) is 6.04. The smallest absolute Gasteiger partial charge is 0.426 e. The van der Waals surface area contributed by atoms with Crippen molar-refractivity contribution < 1.29 is 31.4 Å². The predicted octanol–water partition coefficient (Wildman–Crippen LogP) is 7.70. The Hall–Kier alpha value is -2.31. The van der Waals surface area contributed by atoms with Crippen LogP contribution in [0.5, 0.6) is 11.5 Å². The minimum absolute atomic E-state index is 0.0643. The largest absolute Gasteiger partial charge is 0.432 e. The van der Waals surface area contributed by atoms with Gasteiger partial charge < -0.3 is 9.47 Å². The van der Waals surface area contributed by atoms with Gasteiger partial charge >= 0.3 is 12.7 Å². The van der Waals surface area contributed by atoms with E-state index < -0.39 is 29.9 Å². The van der Waals surface area contributed by atoms with Gasteiger partial charge in [0.2, 0.25) is 0 Å². The molecule has 1 saturated carbocycles. The third-order valence-corrected chi connectivity index (χ3v) is 6.04. The first-order valence-electron chi connectivity index (χ1n) is 10.7. The molecule has 1 aliphatic rings. The number of rotatable bonds is 9. The van der Waals surface area contributed by atoms with Crippen molar-refractivity contribution in [2.45, 2.75) is 64.6 Å². The zero-order valence-corrected chi connectivity index (χ0v) is 17.4. The van der Waals surface area contributed by atoms with Gasteiger partial charge in [0.1, 0.15) is 5.75 Å². The number of benzene rings is 2. The minimum atomic E-state index is -3.83. The molecule has 0 N–H and O–H groups in total. The topological polar surface area (TPSA) is 18.5 Å². The van der Waals surface area contributed by atoms with Crippen molar-refractivity contribution in [3.05, 3.63) is 59.4 Å². The number of alkyl halides is 4. The van der Waals surface area contributed by atoms with Gasteiger partial charge in [0.05, 0.1) is 5.56 Å². The number of halogens is 5. The van der Waals surface area contributed by atoms with Crippen molar-refractivity contribution in [2.24, 2.45) is 11.8 Å². The Bertz CT molecular complexity index is 830. The summed E-state index contributed by atoms with van der Waals surface area (Å²) in [5.41, 5.74) is 0.256. The molecule has 0 bridgehead atoms. The molecule has 31 heavy (non-hydrogen) atoms. The Morgan fingerprint density at radius 3 is 2.19 bits per heavy atom. The maximum atomic E-state index is 14.4. The van der Waals surface area contributed by atoms with Crippen LogP contribution in [0.15, 0.2) is 42.5 Å². The monoisotopic (exact) mass is 442 g/mol. The van der Waals surface area contributed by atoms with E-state index in [9.17, 15) is 22.0 Å². The molecular weight excluding hydrogens is 415 g/mol. The fourth-order valence-corrected chi connectivity index (χ4v) is 4.10. The molecule has 2 aromatic carbocycles. The maximum absolute atomic E-state index is 14.4. The van der Waals surface area contributed by atoms with E-state index in [2.05, 4.69) is 11.7 Å². The van der Waals surface area contributed by atoms with Gasteiger partial charge in [0.15, 0.2) is 11.6 Å². The highest BCUT2D eigenvalue weighted by Gasteiger charge is 2.35. The van der Waals surface area contributed by atoms with E-state index in [4.69, 9.17) is 4.74 Å². The fraction of sp³-hybridized carbons (Fsp3) is 0.500. The van der Waals surface area contributed by atoms with Crippen molar-refractivity contribution in [3.8, 4) is 11.5 Å². The SMILES string of the molecule is CCC1CCC(CCc2ccc(OC(F)(F)c3ccc(OC(F)F)c(F)c3)cc2)CC1. The summed E-state index contributed by atoms with van der Waals surface area (Å²) in [6, 6.07) is 8.38. The van der Waals surface area contributed by atoms with E-state index in [1.165, 1.54) is 44.2 Å². The Morgan fingerprint density at radius 2 is 1.61 bits per heavy atom. The number of ether oxygens (including phenoxy) is 2. The van der Waals surface area contributed by atoms with Crippen molar-refractivity contribution in [2.75, 3.05) is 0 Å². The van der Waals surface area contributed by atoms with Gasteiger partial charge in [-0.1, -0.05) is 51.2 Å². The van der Waals surface area contributed by atoms with Crippen LogP contribution >= 0.6 is 0 Å². The number of hydrogen-bond acceptors (Lipinski definition) is 2. The second-order valence-electron chi connectivity index (χ2n) is 8.12. The van der Waals surface area contributed by atoms with E-state index in [1.54, 1.807) is 12.1 Å². The molecule has 1 fully saturated rings. The normalized spacial score (nSPS) is 19.5. The molecule has 7 heteroatoms. The average Bonchev–Trinajstić information content (AvgIpc) is 2.74. The van der Waals surface area contributed by atoms with Gasteiger partial charge in [-0.25, -0.2) is 4.39 Å². The first-order chi connectivity index (χ1) is 14.8. The van der Waals surface area contributed by atoms with E-state index in [-0.39, 0.29) is 5.75 Å². The summed E-state index contributed by atoms with van der Waals surface area (Å²) in [5.74, 6) is -0.608. The molecule has 0 atom stereocenters. The average molecular weight is 442 g/mol. The summed E-state index contributed by atoms with van der Waals surface area (Å²) < 4.78 is 75.6. The van der Waals surface area contributed by atoms with E-state index >= 15 is 0 Å². The molecule has 1 aliphatic carbocycles. The summed E-state index contributed by atoms with van der Waals surface area (Å²) in [7, 11) is 0. The van der Waals surface area contributed by atoms with Crippen molar-refractivity contribution in [1.82, 2.24) is 0 Å². The van der Waals surface area contributed by atoms with Crippen LogP contribution in [0.25, 0.3) is 0 Å². The van der Waals surface area contributed by atoms with Gasteiger partial charge in [-0.05, 0) is 60.6 Å². The van der Waals surface area contributed by atoms with Gasteiger partial charge in [0.25, 0.3) is 0 Å². The maximum Gasteiger partial charge on any atom is 0.426 e. The molecule has 0 saturated heterocycles. The lowest BCUT2D eigenvalue weighted by Gasteiger charge is -2.27. The molecule has 170 valence electrons. The summed E-state index contributed by atoms with van der Waals surface area (Å²) in [6.07, 6.45) is 4.47. The highest BCUT2D eigenvalue weighted by atomic mass is 19.3. The molecule has 0 spiro atoms. The van der Waals surface area contributed by atoms with Crippen molar-refractivity contribution in [1.29, 1.82) is 0 Å². The Morgan fingerprint density at radius 1 is 0.968 bits per heavy atom. The minimum Gasteiger partial charge on any atom is -0.432 e. The van der Waals surface area contributed by atoms with Crippen molar-refractivity contribution in [3.63, 3.8) is 0 Å². The molecule has 2 aromatic rings. The van der Waals surface area contributed by atoms with Crippen LogP contribution in [0.3, 0.4) is 0 Å². The van der Waals surface area contributed by atoms with Crippen LogP contribution in [0.1, 0.15) is 56.6 Å². The van der Waals surface area contributed by atoms with Crippen LogP contribution in [0, 0.1) is 17.7 Å². The lowest BCUT2D eigenvalue weighted by Crippen LogP contribution is -2.22. The van der Waals surface area contributed by atoms with E-state index in [0.717, 1.165) is 42.4 Å². The molecule has 0 unspecified atom stereocenters. The Kier molecular flexibility index (Phi) is 7.79. The van der Waals surface area contributed by atoms with Gasteiger partial charge in [-0.2, -0.15) is 17.6 Å². The molecule has 0 aliphatic heterocycles. The molecule has 0 heterocycles. The van der Waals surface area contributed by atoms with Crippen LogP contribution < -0.4 is 9.47 Å². The van der Waals surface area contributed by atoms with Gasteiger partial charge in [0, 0.05) is 0 Å². The highest BCUT2D eigenvalue weighted by Crippen LogP contribution is 2.35. The Labute approximate surface area is 179 Å². The molecule has 2 nitrogen and oxygen atoms in total. The van der Waals surface area contributed by atoms with Crippen LogP contribution in [-0.4, -0.2) is 6.61 Å². The lowest BCUT2D eigenvalue weighted by atomic mass is 9.78. The summed E-state index contributed by atoms with van der Waals surface area (Å²) in [6.45, 7) is -1.01. The van der Waals surface area contributed by atoms with Gasteiger partial charge in [-0.15, -0.1) is 0 Å². The standard InChI is InChI=1S/C24H27F5O2/c1-2-16-3-5-17(6-4-16)7-8-18-9-12-20(13-10-18)31-24(28,29)19-11-14-22(21(25)15-19)30-23(26)27/h9-17,23H,2-8H2,1H3. The van der Waals surface area contributed by atoms with E-state index in [0.29, 0.717) is 6.07 Å². The first kappa shape index (κ1) is 23.4. The molecule has 3 rings (SSSR count). The third kappa shape index (κ3) is 6.58. The van der Waals surface area contributed by atoms with Crippen LogP contribution in [0.2, 0.25) is 0 Å². The summed E-state index contributed by atoms with van der Waals surface area (Å²) in [4.78, 5) is 0. The number of hydrogen-bond donors (Lipinski definition) is 0. The highest BCUT2D eigenvalue weighted by molar-refractivity contribution is 5.33. The first-order valence-corrected chi connectivity index (χ1v) is 10.7. The zero-order chi connectivity index (χ0) is 22.4. The molecule has 0 radical (unpaired) electrons.